The predicted molar refractivity (Wildman–Crippen MR) is 64.1 cm³/mol. The van der Waals surface area contributed by atoms with E-state index in [0.29, 0.717) is 5.92 Å². The monoisotopic (exact) mass is 191 g/mol. The van der Waals surface area contributed by atoms with Gasteiger partial charge in [-0.1, -0.05) is 26.0 Å². The molecule has 0 N–H and O–H groups in total. The molecule has 1 aromatic rings. The molecule has 0 aromatic heterocycles. The molecule has 1 rings (SSSR count). The first-order valence-electron chi connectivity index (χ1n) is 5.50. The van der Waals surface area contributed by atoms with Crippen LogP contribution in [-0.2, 0) is 0 Å². The van der Waals surface area contributed by atoms with Gasteiger partial charge < -0.3 is 4.90 Å². The van der Waals surface area contributed by atoms with Crippen LogP contribution in [0.3, 0.4) is 0 Å². The Kier molecular flexibility index (Phi) is 3.99. The predicted octanol–water partition coefficient (Wildman–Crippen LogP) is 3.66. The van der Waals surface area contributed by atoms with E-state index in [2.05, 4.69) is 57.0 Å². The Labute approximate surface area is 87.7 Å². The number of anilines is 1. The maximum Gasteiger partial charge on any atom is 0.0366 e. The van der Waals surface area contributed by atoms with Crippen molar-refractivity contribution in [3.8, 4) is 0 Å². The van der Waals surface area contributed by atoms with Gasteiger partial charge in [0.2, 0.25) is 0 Å². The van der Waals surface area contributed by atoms with Gasteiger partial charge in [0, 0.05) is 19.3 Å². The van der Waals surface area contributed by atoms with Gasteiger partial charge in [0.05, 0.1) is 0 Å². The third-order valence-corrected chi connectivity index (χ3v) is 2.97. The van der Waals surface area contributed by atoms with Crippen LogP contribution < -0.4 is 4.90 Å². The quantitative estimate of drug-likeness (QED) is 0.702. The van der Waals surface area contributed by atoms with Gasteiger partial charge in [-0.3, -0.25) is 0 Å². The molecule has 0 saturated heterocycles. The summed E-state index contributed by atoms with van der Waals surface area (Å²) in [6.45, 7) is 7.76. The molecule has 0 aliphatic carbocycles. The number of rotatable bonds is 4. The second-order valence-corrected chi connectivity index (χ2v) is 3.92. The largest absolute Gasteiger partial charge is 0.375 e. The van der Waals surface area contributed by atoms with Crippen molar-refractivity contribution in [1.82, 2.24) is 0 Å². The summed E-state index contributed by atoms with van der Waals surface area (Å²) in [6, 6.07) is 8.86. The summed E-state index contributed by atoms with van der Waals surface area (Å²) in [5, 5.41) is 0. The second kappa shape index (κ2) is 5.04. The maximum absolute atomic E-state index is 2.30. The van der Waals surface area contributed by atoms with Gasteiger partial charge in [-0.05, 0) is 37.0 Å². The lowest BCUT2D eigenvalue weighted by Gasteiger charge is -2.19. The Morgan fingerprint density at radius 3 is 2.57 bits per heavy atom. The highest BCUT2D eigenvalue weighted by atomic mass is 15.1. The molecular formula is C13H21N. The van der Waals surface area contributed by atoms with E-state index in [1.807, 2.05) is 0 Å². The standard InChI is InChI=1S/C13H21N/c1-5-11(3)12-8-7-9-13(10-12)14(4)6-2/h7-11H,5-6H2,1-4H3. The topological polar surface area (TPSA) is 3.24 Å². The first-order chi connectivity index (χ1) is 6.69. The van der Waals surface area contributed by atoms with E-state index in [0.717, 1.165) is 6.54 Å². The van der Waals surface area contributed by atoms with E-state index in [-0.39, 0.29) is 0 Å². The highest BCUT2D eigenvalue weighted by Gasteiger charge is 2.04. The first-order valence-corrected chi connectivity index (χ1v) is 5.50. The maximum atomic E-state index is 2.30. The molecular weight excluding hydrogens is 170 g/mol. The van der Waals surface area contributed by atoms with Crippen molar-refractivity contribution in [3.63, 3.8) is 0 Å². The molecule has 0 amide bonds. The minimum atomic E-state index is 0.667. The Bertz CT molecular complexity index is 255. The van der Waals surface area contributed by atoms with Gasteiger partial charge in [0.25, 0.3) is 0 Å². The highest BCUT2D eigenvalue weighted by Crippen LogP contribution is 2.23. The molecule has 0 saturated carbocycles. The zero-order valence-electron chi connectivity index (χ0n) is 9.75. The van der Waals surface area contributed by atoms with Crippen LogP contribution in [0, 0.1) is 0 Å². The van der Waals surface area contributed by atoms with E-state index in [1.54, 1.807) is 0 Å². The summed E-state index contributed by atoms with van der Waals surface area (Å²) in [7, 11) is 2.13. The number of hydrogen-bond acceptors (Lipinski definition) is 1. The van der Waals surface area contributed by atoms with Gasteiger partial charge in [-0.15, -0.1) is 0 Å². The SMILES string of the molecule is CCC(C)c1cccc(N(C)CC)c1. The molecule has 1 atom stereocenters. The molecule has 0 aliphatic heterocycles. The van der Waals surface area contributed by atoms with E-state index >= 15 is 0 Å². The van der Waals surface area contributed by atoms with Gasteiger partial charge in [-0.25, -0.2) is 0 Å². The molecule has 0 radical (unpaired) electrons. The average Bonchev–Trinajstić information content (AvgIpc) is 2.27. The summed E-state index contributed by atoms with van der Waals surface area (Å²) in [5.41, 5.74) is 2.77. The summed E-state index contributed by atoms with van der Waals surface area (Å²) < 4.78 is 0. The second-order valence-electron chi connectivity index (χ2n) is 3.92. The zero-order chi connectivity index (χ0) is 10.6. The molecule has 14 heavy (non-hydrogen) atoms. The Balaban J connectivity index is 2.89. The third kappa shape index (κ3) is 2.50. The van der Waals surface area contributed by atoms with Crippen molar-refractivity contribution in [1.29, 1.82) is 0 Å². The first kappa shape index (κ1) is 11.1. The van der Waals surface area contributed by atoms with E-state index < -0.39 is 0 Å². The summed E-state index contributed by atoms with van der Waals surface area (Å²) >= 11 is 0. The minimum absolute atomic E-state index is 0.667. The summed E-state index contributed by atoms with van der Waals surface area (Å²) in [4.78, 5) is 2.27. The Morgan fingerprint density at radius 2 is 2.00 bits per heavy atom. The summed E-state index contributed by atoms with van der Waals surface area (Å²) in [6.07, 6.45) is 1.21. The Hall–Kier alpha value is -0.980. The van der Waals surface area contributed by atoms with Crippen LogP contribution in [-0.4, -0.2) is 13.6 Å². The van der Waals surface area contributed by atoms with Gasteiger partial charge in [0.15, 0.2) is 0 Å². The van der Waals surface area contributed by atoms with Gasteiger partial charge >= 0.3 is 0 Å². The minimum Gasteiger partial charge on any atom is -0.375 e. The molecule has 1 nitrogen and oxygen atoms in total. The molecule has 0 spiro atoms. The van der Waals surface area contributed by atoms with Crippen molar-refractivity contribution in [2.45, 2.75) is 33.1 Å². The van der Waals surface area contributed by atoms with Crippen LogP contribution in [0.5, 0.6) is 0 Å². The Morgan fingerprint density at radius 1 is 1.29 bits per heavy atom. The normalized spacial score (nSPS) is 12.6. The zero-order valence-corrected chi connectivity index (χ0v) is 9.75. The lowest BCUT2D eigenvalue weighted by atomic mass is 9.98. The van der Waals surface area contributed by atoms with Crippen molar-refractivity contribution in [3.05, 3.63) is 29.8 Å². The van der Waals surface area contributed by atoms with Crippen molar-refractivity contribution >= 4 is 5.69 Å². The van der Waals surface area contributed by atoms with E-state index in [4.69, 9.17) is 0 Å². The van der Waals surface area contributed by atoms with E-state index in [1.165, 1.54) is 17.7 Å². The fraction of sp³-hybridized carbons (Fsp3) is 0.538. The number of benzene rings is 1. The molecule has 1 heteroatoms. The van der Waals surface area contributed by atoms with Crippen LogP contribution in [0.1, 0.15) is 38.7 Å². The smallest absolute Gasteiger partial charge is 0.0366 e. The van der Waals surface area contributed by atoms with Crippen molar-refractivity contribution < 1.29 is 0 Å². The fourth-order valence-electron chi connectivity index (χ4n) is 1.49. The lowest BCUT2D eigenvalue weighted by molar-refractivity contribution is 0.733. The fourth-order valence-corrected chi connectivity index (χ4v) is 1.49. The molecule has 1 aromatic carbocycles. The third-order valence-electron chi connectivity index (χ3n) is 2.97. The molecule has 0 heterocycles. The molecule has 1 unspecified atom stereocenters. The van der Waals surface area contributed by atoms with Crippen LogP contribution in [0.25, 0.3) is 0 Å². The summed E-state index contributed by atoms with van der Waals surface area (Å²) in [5.74, 6) is 0.667. The van der Waals surface area contributed by atoms with Crippen LogP contribution in [0.4, 0.5) is 5.69 Å². The average molecular weight is 191 g/mol. The molecule has 0 fully saturated rings. The number of hydrogen-bond donors (Lipinski definition) is 0. The van der Waals surface area contributed by atoms with Crippen molar-refractivity contribution in [2.75, 3.05) is 18.5 Å². The molecule has 0 bridgehead atoms. The molecule has 78 valence electrons. The van der Waals surface area contributed by atoms with Crippen LogP contribution in [0.2, 0.25) is 0 Å². The lowest BCUT2D eigenvalue weighted by Crippen LogP contribution is -2.15. The van der Waals surface area contributed by atoms with Gasteiger partial charge in [0.1, 0.15) is 0 Å². The van der Waals surface area contributed by atoms with Crippen molar-refractivity contribution in [2.24, 2.45) is 0 Å². The van der Waals surface area contributed by atoms with Gasteiger partial charge in [-0.2, -0.15) is 0 Å². The molecule has 0 aliphatic rings. The van der Waals surface area contributed by atoms with Crippen LogP contribution >= 0.6 is 0 Å². The number of nitrogens with zero attached hydrogens (tertiary/aromatic N) is 1. The highest BCUT2D eigenvalue weighted by molar-refractivity contribution is 5.48. The van der Waals surface area contributed by atoms with E-state index in [9.17, 15) is 0 Å². The van der Waals surface area contributed by atoms with Crippen LogP contribution in [0.15, 0.2) is 24.3 Å².